The fourth-order valence-corrected chi connectivity index (χ4v) is 2.20. The van der Waals surface area contributed by atoms with Gasteiger partial charge in [0.1, 0.15) is 11.6 Å². The second kappa shape index (κ2) is 6.08. The first kappa shape index (κ1) is 13.9. The van der Waals surface area contributed by atoms with E-state index in [4.69, 9.17) is 0 Å². The molecule has 0 aliphatic carbocycles. The molecule has 1 aliphatic rings. The number of rotatable bonds is 3. The van der Waals surface area contributed by atoms with Crippen LogP contribution in [-0.4, -0.2) is 41.7 Å². The molecule has 104 valence electrons. The van der Waals surface area contributed by atoms with E-state index in [0.29, 0.717) is 6.54 Å². The zero-order valence-electron chi connectivity index (χ0n) is 10.4. The lowest BCUT2D eigenvalue weighted by atomic mass is 10.1. The highest BCUT2D eigenvalue weighted by atomic mass is 19.1. The van der Waals surface area contributed by atoms with Gasteiger partial charge < -0.3 is 10.4 Å². The lowest BCUT2D eigenvalue weighted by Gasteiger charge is -2.29. The predicted molar refractivity (Wildman–Crippen MR) is 66.7 cm³/mol. The van der Waals surface area contributed by atoms with Crippen LogP contribution in [0.1, 0.15) is 12.8 Å². The fourth-order valence-electron chi connectivity index (χ4n) is 2.20. The van der Waals surface area contributed by atoms with Crippen LogP contribution in [0.15, 0.2) is 18.2 Å². The van der Waals surface area contributed by atoms with E-state index in [2.05, 4.69) is 5.32 Å². The molecule has 2 N–H and O–H groups in total. The Morgan fingerprint density at radius 2 is 2.05 bits per heavy atom. The Labute approximate surface area is 110 Å². The zero-order valence-corrected chi connectivity index (χ0v) is 10.4. The molecule has 0 radical (unpaired) electrons. The Bertz CT molecular complexity index is 448. The van der Waals surface area contributed by atoms with Gasteiger partial charge in [0.2, 0.25) is 5.91 Å². The molecule has 1 aliphatic heterocycles. The average Bonchev–Trinajstić information content (AvgIpc) is 2.26. The molecule has 0 bridgehead atoms. The first-order valence-electron chi connectivity index (χ1n) is 6.19. The number of halogens is 2. The van der Waals surface area contributed by atoms with Crippen LogP contribution in [0.4, 0.5) is 14.5 Å². The first-order chi connectivity index (χ1) is 9.02. The van der Waals surface area contributed by atoms with Crippen LogP contribution >= 0.6 is 0 Å². The second-order valence-corrected chi connectivity index (χ2v) is 4.74. The topological polar surface area (TPSA) is 52.6 Å². The van der Waals surface area contributed by atoms with E-state index in [1.165, 1.54) is 0 Å². The molecule has 1 heterocycles. The van der Waals surface area contributed by atoms with Crippen molar-refractivity contribution in [2.24, 2.45) is 0 Å². The maximum atomic E-state index is 13.0. The molecule has 0 spiro atoms. The van der Waals surface area contributed by atoms with Gasteiger partial charge in [-0.05, 0) is 31.5 Å². The second-order valence-electron chi connectivity index (χ2n) is 4.74. The number of aliphatic hydroxyl groups excluding tert-OH is 1. The zero-order chi connectivity index (χ0) is 13.8. The molecule has 4 nitrogen and oxygen atoms in total. The van der Waals surface area contributed by atoms with Gasteiger partial charge in [-0.25, -0.2) is 8.78 Å². The molecule has 1 unspecified atom stereocenters. The Morgan fingerprint density at radius 3 is 2.68 bits per heavy atom. The van der Waals surface area contributed by atoms with Crippen LogP contribution in [0.2, 0.25) is 0 Å². The van der Waals surface area contributed by atoms with Gasteiger partial charge in [-0.1, -0.05) is 0 Å². The largest absolute Gasteiger partial charge is 0.392 e. The van der Waals surface area contributed by atoms with Crippen molar-refractivity contribution < 1.29 is 18.7 Å². The molecule has 1 aromatic rings. The molecule has 0 saturated carbocycles. The Hall–Kier alpha value is -1.53. The number of aliphatic hydroxyl groups is 1. The number of amides is 1. The van der Waals surface area contributed by atoms with E-state index in [1.54, 1.807) is 0 Å². The van der Waals surface area contributed by atoms with Crippen LogP contribution in [-0.2, 0) is 4.79 Å². The smallest absolute Gasteiger partial charge is 0.238 e. The van der Waals surface area contributed by atoms with Crippen molar-refractivity contribution in [2.75, 3.05) is 25.0 Å². The van der Waals surface area contributed by atoms with E-state index < -0.39 is 17.7 Å². The summed E-state index contributed by atoms with van der Waals surface area (Å²) in [5.74, 6) is -1.81. The van der Waals surface area contributed by atoms with E-state index in [-0.39, 0.29) is 18.1 Å². The number of nitrogens with zero attached hydrogens (tertiary/aromatic N) is 1. The molecule has 0 aromatic heterocycles. The standard InChI is InChI=1S/C13H16F2N2O2/c14-9-4-10(15)6-11(5-9)16-13(19)8-17-3-1-2-12(18)7-17/h4-6,12,18H,1-3,7-8H2,(H,16,19). The number of nitrogens with one attached hydrogen (secondary N) is 1. The van der Waals surface area contributed by atoms with Crippen molar-refractivity contribution in [1.29, 1.82) is 0 Å². The van der Waals surface area contributed by atoms with Crippen LogP contribution in [0.3, 0.4) is 0 Å². The van der Waals surface area contributed by atoms with Gasteiger partial charge in [-0.2, -0.15) is 0 Å². The number of piperidine rings is 1. The maximum Gasteiger partial charge on any atom is 0.238 e. The van der Waals surface area contributed by atoms with Crippen molar-refractivity contribution >= 4 is 11.6 Å². The summed E-state index contributed by atoms with van der Waals surface area (Å²) in [7, 11) is 0. The van der Waals surface area contributed by atoms with E-state index in [1.807, 2.05) is 4.90 Å². The predicted octanol–water partition coefficient (Wildman–Crippen LogP) is 1.36. The summed E-state index contributed by atoms with van der Waals surface area (Å²) < 4.78 is 25.9. The number of carbonyl (C=O) groups is 1. The summed E-state index contributed by atoms with van der Waals surface area (Å²) in [4.78, 5) is 13.5. The number of benzene rings is 1. The quantitative estimate of drug-likeness (QED) is 0.872. The molecule has 1 atom stereocenters. The van der Waals surface area contributed by atoms with Gasteiger partial charge in [0.15, 0.2) is 0 Å². The summed E-state index contributed by atoms with van der Waals surface area (Å²) in [6, 6.07) is 2.87. The molecule has 1 saturated heterocycles. The van der Waals surface area contributed by atoms with Gasteiger partial charge in [0, 0.05) is 18.3 Å². The van der Waals surface area contributed by atoms with E-state index in [9.17, 15) is 18.7 Å². The van der Waals surface area contributed by atoms with Crippen LogP contribution in [0.25, 0.3) is 0 Å². The maximum absolute atomic E-state index is 13.0. The van der Waals surface area contributed by atoms with Gasteiger partial charge in [-0.3, -0.25) is 9.69 Å². The number of carbonyl (C=O) groups excluding carboxylic acids is 1. The highest BCUT2D eigenvalue weighted by Gasteiger charge is 2.19. The van der Waals surface area contributed by atoms with Crippen molar-refractivity contribution in [1.82, 2.24) is 4.90 Å². The highest BCUT2D eigenvalue weighted by molar-refractivity contribution is 5.92. The van der Waals surface area contributed by atoms with Crippen LogP contribution in [0.5, 0.6) is 0 Å². The summed E-state index contributed by atoms with van der Waals surface area (Å²) in [5.41, 5.74) is 0.0973. The summed E-state index contributed by atoms with van der Waals surface area (Å²) >= 11 is 0. The Balaban J connectivity index is 1.90. The number of hydrogen-bond acceptors (Lipinski definition) is 3. The number of likely N-dealkylation sites (tertiary alicyclic amines) is 1. The molecular weight excluding hydrogens is 254 g/mol. The Kier molecular flexibility index (Phi) is 4.44. The molecule has 19 heavy (non-hydrogen) atoms. The van der Waals surface area contributed by atoms with Crippen LogP contribution in [0, 0.1) is 11.6 Å². The SMILES string of the molecule is O=C(CN1CCCC(O)C1)Nc1cc(F)cc(F)c1. The Morgan fingerprint density at radius 1 is 1.37 bits per heavy atom. The molecule has 1 aromatic carbocycles. The minimum atomic E-state index is -0.733. The summed E-state index contributed by atoms with van der Waals surface area (Å²) in [6.07, 6.45) is 1.17. The minimum absolute atomic E-state index is 0.0973. The van der Waals surface area contributed by atoms with Crippen LogP contribution < -0.4 is 5.32 Å². The minimum Gasteiger partial charge on any atom is -0.392 e. The lowest BCUT2D eigenvalue weighted by molar-refractivity contribution is -0.118. The summed E-state index contributed by atoms with van der Waals surface area (Å²) in [6.45, 7) is 1.29. The lowest BCUT2D eigenvalue weighted by Crippen LogP contribution is -2.42. The molecule has 1 fully saturated rings. The molecular formula is C13H16F2N2O2. The number of anilines is 1. The van der Waals surface area contributed by atoms with Gasteiger partial charge in [-0.15, -0.1) is 0 Å². The van der Waals surface area contributed by atoms with Crippen molar-refractivity contribution in [3.63, 3.8) is 0 Å². The normalized spacial score (nSPS) is 20.3. The average molecular weight is 270 g/mol. The van der Waals surface area contributed by atoms with Crippen molar-refractivity contribution in [2.45, 2.75) is 18.9 Å². The first-order valence-corrected chi connectivity index (χ1v) is 6.19. The fraction of sp³-hybridized carbons (Fsp3) is 0.462. The molecule has 1 amide bonds. The third kappa shape index (κ3) is 4.25. The molecule has 6 heteroatoms. The third-order valence-electron chi connectivity index (χ3n) is 2.99. The highest BCUT2D eigenvalue weighted by Crippen LogP contribution is 2.13. The number of hydrogen-bond donors (Lipinski definition) is 2. The van der Waals surface area contributed by atoms with Gasteiger partial charge in [0.25, 0.3) is 0 Å². The monoisotopic (exact) mass is 270 g/mol. The van der Waals surface area contributed by atoms with E-state index >= 15 is 0 Å². The summed E-state index contributed by atoms with van der Waals surface area (Å²) in [5, 5.41) is 11.9. The van der Waals surface area contributed by atoms with Gasteiger partial charge in [0.05, 0.1) is 12.6 Å². The third-order valence-corrected chi connectivity index (χ3v) is 2.99. The van der Waals surface area contributed by atoms with E-state index in [0.717, 1.165) is 37.6 Å². The van der Waals surface area contributed by atoms with Crippen molar-refractivity contribution in [3.8, 4) is 0 Å². The van der Waals surface area contributed by atoms with Gasteiger partial charge >= 0.3 is 0 Å². The molecule has 2 rings (SSSR count). The number of β-amino-alcohol motifs (C(OH)–C–C–N with tert-alkyl or cyclic N) is 1. The van der Waals surface area contributed by atoms with Crippen molar-refractivity contribution in [3.05, 3.63) is 29.8 Å².